The van der Waals surface area contributed by atoms with Crippen molar-refractivity contribution < 1.29 is 19.8 Å². The summed E-state index contributed by atoms with van der Waals surface area (Å²) in [7, 11) is 0. The highest BCUT2D eigenvalue weighted by Crippen LogP contribution is 2.29. The van der Waals surface area contributed by atoms with Gasteiger partial charge in [0.15, 0.2) is 0 Å². The second-order valence-corrected chi connectivity index (χ2v) is 11.7. The van der Waals surface area contributed by atoms with Crippen LogP contribution in [0.1, 0.15) is 51.4 Å². The van der Waals surface area contributed by atoms with E-state index < -0.39 is 12.1 Å². The minimum absolute atomic E-state index is 0.103. The Kier molecular flexibility index (Phi) is 9.07. The van der Waals surface area contributed by atoms with Gasteiger partial charge in [-0.3, -0.25) is 14.5 Å². The van der Waals surface area contributed by atoms with Crippen molar-refractivity contribution in [3.63, 3.8) is 0 Å². The largest absolute Gasteiger partial charge is 0.392 e. The molecule has 2 amide bonds. The second kappa shape index (κ2) is 11.4. The van der Waals surface area contributed by atoms with Crippen LogP contribution >= 0.6 is 33.9 Å². The molecule has 0 bridgehead atoms. The van der Waals surface area contributed by atoms with Crippen LogP contribution in [0.15, 0.2) is 29.8 Å². The zero-order chi connectivity index (χ0) is 25.0. The lowest BCUT2D eigenvalue weighted by Gasteiger charge is -2.36. The first-order valence-electron chi connectivity index (χ1n) is 11.3. The Bertz CT molecular complexity index is 992. The molecule has 4 atom stereocenters. The van der Waals surface area contributed by atoms with Crippen LogP contribution in [0.4, 0.5) is 4.79 Å². The average Bonchev–Trinajstić information content (AvgIpc) is 3.38. The van der Waals surface area contributed by atoms with Crippen LogP contribution in [0.2, 0.25) is 0 Å². The van der Waals surface area contributed by atoms with Crippen LogP contribution in [0.5, 0.6) is 0 Å². The Balaban J connectivity index is 1.67. The number of hydrogen-bond donors (Lipinski definition) is 4. The fraction of sp³-hybridized carbons (Fsp3) is 0.542. The Hall–Kier alpha value is -1.60. The Morgan fingerprint density at radius 3 is 2.53 bits per heavy atom. The number of likely N-dealkylation sites (tertiary alicyclic amines) is 1. The van der Waals surface area contributed by atoms with Crippen LogP contribution < -0.4 is 10.6 Å². The number of nitrogens with zero attached hydrogens (tertiary/aromatic N) is 2. The zero-order valence-electron chi connectivity index (χ0n) is 19.9. The predicted molar refractivity (Wildman–Crippen MR) is 142 cm³/mol. The van der Waals surface area contributed by atoms with Gasteiger partial charge in [0.25, 0.3) is 3.91 Å². The minimum atomic E-state index is -0.582. The van der Waals surface area contributed by atoms with Crippen molar-refractivity contribution in [1.29, 1.82) is 0 Å². The number of rotatable bonds is 8. The van der Waals surface area contributed by atoms with E-state index in [1.807, 2.05) is 56.9 Å². The number of carbonyl (C=O) groups excluding carboxylic acids is 2. The number of benzene rings is 1. The molecule has 1 fully saturated rings. The third-order valence-electron chi connectivity index (χ3n) is 6.26. The number of β-amino-alcohol motifs (C(OH)–C–C–N with tert-alkyl or cyclic N) is 1. The Morgan fingerprint density at radius 2 is 1.94 bits per heavy atom. The fourth-order valence-electron chi connectivity index (χ4n) is 4.19. The monoisotopic (exact) mass is 600 g/mol. The Labute approximate surface area is 218 Å². The van der Waals surface area contributed by atoms with Gasteiger partial charge in [-0.25, -0.2) is 4.98 Å². The summed E-state index contributed by atoms with van der Waals surface area (Å²) >= 11 is 3.21. The number of aromatic nitrogens is 1. The van der Waals surface area contributed by atoms with Gasteiger partial charge < -0.3 is 20.8 Å². The standard InChI is InChI=1S/C24H33IN4O4S/c1-14(15-5-7-16(8-6-15)21-18(12-30)26-13-34-21)27-22(32)19-9-17(31)10-29(19)11-20(24(2,3)4)28-23(25)33/h5-8,13-14,17,19-20,30-31H,9-12H2,1-4H3,(H,27,32)(H,28,33). The maximum Gasteiger partial charge on any atom is 0.280 e. The molecule has 4 unspecified atom stereocenters. The first kappa shape index (κ1) is 27.0. The smallest absolute Gasteiger partial charge is 0.280 e. The van der Waals surface area contributed by atoms with E-state index >= 15 is 0 Å². The minimum Gasteiger partial charge on any atom is -0.392 e. The van der Waals surface area contributed by atoms with Gasteiger partial charge in [0.2, 0.25) is 5.91 Å². The first-order chi connectivity index (χ1) is 16.0. The van der Waals surface area contributed by atoms with Crippen LogP contribution in [-0.4, -0.2) is 61.2 Å². The molecule has 1 aliphatic rings. The van der Waals surface area contributed by atoms with E-state index in [1.54, 1.807) is 28.1 Å². The topological polar surface area (TPSA) is 115 Å². The highest BCUT2D eigenvalue weighted by atomic mass is 127. The van der Waals surface area contributed by atoms with Crippen molar-refractivity contribution in [2.24, 2.45) is 5.41 Å². The summed E-state index contributed by atoms with van der Waals surface area (Å²) in [6.07, 6.45) is -0.219. The summed E-state index contributed by atoms with van der Waals surface area (Å²) < 4.78 is -0.139. The number of hydrogen-bond acceptors (Lipinski definition) is 7. The Morgan fingerprint density at radius 1 is 1.26 bits per heavy atom. The van der Waals surface area contributed by atoms with Crippen molar-refractivity contribution in [2.45, 2.75) is 65.0 Å². The van der Waals surface area contributed by atoms with Gasteiger partial charge in [0.05, 0.1) is 40.9 Å². The van der Waals surface area contributed by atoms with Gasteiger partial charge in [-0.15, -0.1) is 11.3 Å². The quantitative estimate of drug-likeness (QED) is 0.210. The van der Waals surface area contributed by atoms with Gasteiger partial charge in [0.1, 0.15) is 0 Å². The number of aliphatic hydroxyl groups excluding tert-OH is 2. The highest BCUT2D eigenvalue weighted by Gasteiger charge is 2.39. The summed E-state index contributed by atoms with van der Waals surface area (Å²) in [5, 5.41) is 25.8. The molecule has 3 rings (SSSR count). The molecule has 8 nitrogen and oxygen atoms in total. The number of aliphatic hydroxyl groups is 2. The molecule has 0 spiro atoms. The molecule has 1 saturated heterocycles. The maximum atomic E-state index is 13.2. The normalized spacial score (nSPS) is 20.7. The first-order valence-corrected chi connectivity index (χ1v) is 13.3. The highest BCUT2D eigenvalue weighted by molar-refractivity contribution is 14.1. The van der Waals surface area contributed by atoms with Crippen LogP contribution in [0.25, 0.3) is 10.4 Å². The number of carbonyl (C=O) groups is 2. The average molecular weight is 601 g/mol. The summed E-state index contributed by atoms with van der Waals surface area (Å²) in [5.74, 6) is -0.133. The van der Waals surface area contributed by atoms with Gasteiger partial charge in [0, 0.05) is 41.7 Å². The van der Waals surface area contributed by atoms with Crippen molar-refractivity contribution in [3.8, 4) is 10.4 Å². The van der Waals surface area contributed by atoms with Crippen molar-refractivity contribution in [2.75, 3.05) is 13.1 Å². The third kappa shape index (κ3) is 6.75. The molecule has 10 heteroatoms. The summed E-state index contributed by atoms with van der Waals surface area (Å²) in [6.45, 7) is 8.86. The lowest BCUT2D eigenvalue weighted by atomic mass is 9.86. The lowest BCUT2D eigenvalue weighted by Crippen LogP contribution is -2.53. The molecule has 0 saturated carbocycles. The number of halogens is 1. The zero-order valence-corrected chi connectivity index (χ0v) is 22.9. The SMILES string of the molecule is CC(NC(=O)C1CC(O)CN1CC(NC(=O)I)C(C)(C)C)c1ccc(-c2scnc2CO)cc1. The molecule has 1 aromatic carbocycles. The lowest BCUT2D eigenvalue weighted by molar-refractivity contribution is -0.126. The van der Waals surface area contributed by atoms with Crippen molar-refractivity contribution in [1.82, 2.24) is 20.5 Å². The molecule has 0 aliphatic carbocycles. The number of amides is 2. The molecule has 2 aromatic rings. The van der Waals surface area contributed by atoms with Crippen LogP contribution in [0, 0.1) is 5.41 Å². The molecular weight excluding hydrogens is 567 g/mol. The molecule has 0 radical (unpaired) electrons. The molecule has 186 valence electrons. The summed E-state index contributed by atoms with van der Waals surface area (Å²) in [5.41, 5.74) is 4.12. The van der Waals surface area contributed by atoms with Crippen LogP contribution in [-0.2, 0) is 11.4 Å². The van der Waals surface area contributed by atoms with Crippen molar-refractivity contribution in [3.05, 3.63) is 41.0 Å². The molecule has 4 N–H and O–H groups in total. The van der Waals surface area contributed by atoms with Gasteiger partial charge in [-0.05, 0) is 29.9 Å². The molecule has 1 aliphatic heterocycles. The number of nitrogens with one attached hydrogen (secondary N) is 2. The summed E-state index contributed by atoms with van der Waals surface area (Å²) in [6, 6.07) is 7.04. The van der Waals surface area contributed by atoms with Gasteiger partial charge >= 0.3 is 0 Å². The third-order valence-corrected chi connectivity index (χ3v) is 7.49. The molecule has 1 aromatic heterocycles. The van der Waals surface area contributed by atoms with E-state index in [-0.39, 0.29) is 33.9 Å². The van der Waals surface area contributed by atoms with E-state index in [1.165, 1.54) is 11.3 Å². The van der Waals surface area contributed by atoms with E-state index in [2.05, 4.69) is 15.6 Å². The van der Waals surface area contributed by atoms with Gasteiger partial charge in [-0.2, -0.15) is 0 Å². The van der Waals surface area contributed by atoms with Crippen LogP contribution in [0.3, 0.4) is 0 Å². The summed E-state index contributed by atoms with van der Waals surface area (Å²) in [4.78, 5) is 32.0. The second-order valence-electron chi connectivity index (χ2n) is 9.83. The van der Waals surface area contributed by atoms with E-state index in [4.69, 9.17) is 0 Å². The fourth-order valence-corrected chi connectivity index (χ4v) is 5.38. The van der Waals surface area contributed by atoms with E-state index in [0.29, 0.717) is 25.2 Å². The van der Waals surface area contributed by atoms with E-state index in [0.717, 1.165) is 16.0 Å². The van der Waals surface area contributed by atoms with E-state index in [9.17, 15) is 19.8 Å². The van der Waals surface area contributed by atoms with Gasteiger partial charge in [-0.1, -0.05) is 45.0 Å². The predicted octanol–water partition coefficient (Wildman–Crippen LogP) is 3.47. The molecule has 34 heavy (non-hydrogen) atoms. The maximum absolute atomic E-state index is 13.2. The van der Waals surface area contributed by atoms with Crippen molar-refractivity contribution >= 4 is 43.7 Å². The number of thiazole rings is 1. The molecule has 2 heterocycles. The molecular formula is C24H33IN4O4S.